The summed E-state index contributed by atoms with van der Waals surface area (Å²) < 4.78 is 8.79. The van der Waals surface area contributed by atoms with Crippen molar-refractivity contribution in [3.8, 4) is 0 Å². The number of rotatable bonds is 5. The predicted molar refractivity (Wildman–Crippen MR) is 92.6 cm³/mol. The number of fused-ring (bicyclic) bond motifs is 1. The molecule has 24 heavy (non-hydrogen) atoms. The maximum Gasteiger partial charge on any atom is 0.337 e. The number of imidazole rings is 2. The van der Waals surface area contributed by atoms with E-state index < -0.39 is 5.97 Å². The van der Waals surface area contributed by atoms with E-state index >= 15 is 0 Å². The van der Waals surface area contributed by atoms with Gasteiger partial charge in [0, 0.05) is 25.5 Å². The molecule has 0 atom stereocenters. The van der Waals surface area contributed by atoms with Crippen LogP contribution in [0.2, 0.25) is 5.02 Å². The van der Waals surface area contributed by atoms with Gasteiger partial charge in [-0.05, 0) is 19.1 Å². The smallest absolute Gasteiger partial charge is 0.337 e. The van der Waals surface area contributed by atoms with E-state index in [1.165, 1.54) is 7.11 Å². The van der Waals surface area contributed by atoms with Crippen LogP contribution >= 0.6 is 23.2 Å². The number of nitrogens with zero attached hydrogens (tertiary/aromatic N) is 4. The highest BCUT2D eigenvalue weighted by Gasteiger charge is 2.17. The average Bonchev–Trinajstić information content (AvgIpc) is 3.15. The Labute approximate surface area is 149 Å². The number of aryl methyl sites for hydroxylation is 3. The van der Waals surface area contributed by atoms with Crippen LogP contribution in [0.25, 0.3) is 11.0 Å². The number of hydrogen-bond acceptors (Lipinski definition) is 4. The molecule has 0 bridgehead atoms. The molecule has 0 unspecified atom stereocenters. The molecule has 8 heteroatoms. The zero-order chi connectivity index (χ0) is 17.3. The maximum absolute atomic E-state index is 11.8. The molecule has 0 N–H and O–H groups in total. The molecule has 0 aliphatic heterocycles. The van der Waals surface area contributed by atoms with E-state index in [9.17, 15) is 4.79 Å². The van der Waals surface area contributed by atoms with Gasteiger partial charge in [-0.2, -0.15) is 0 Å². The normalized spacial score (nSPS) is 11.2. The Balaban J connectivity index is 2.05. The van der Waals surface area contributed by atoms with E-state index in [1.54, 1.807) is 18.3 Å². The highest BCUT2D eigenvalue weighted by atomic mass is 35.5. The van der Waals surface area contributed by atoms with Crippen LogP contribution in [0.4, 0.5) is 0 Å². The lowest BCUT2D eigenvalue weighted by Crippen LogP contribution is -2.10. The number of carbonyl (C=O) groups is 1. The van der Waals surface area contributed by atoms with Crippen molar-refractivity contribution in [1.82, 2.24) is 19.1 Å². The highest BCUT2D eigenvalue weighted by molar-refractivity contribution is 6.35. The Morgan fingerprint density at radius 1 is 1.33 bits per heavy atom. The van der Waals surface area contributed by atoms with E-state index in [0.29, 0.717) is 35.0 Å². The summed E-state index contributed by atoms with van der Waals surface area (Å²) in [5.74, 6) is 1.44. The van der Waals surface area contributed by atoms with Crippen molar-refractivity contribution >= 4 is 40.2 Å². The van der Waals surface area contributed by atoms with Gasteiger partial charge in [0.15, 0.2) is 0 Å². The third-order valence-corrected chi connectivity index (χ3v) is 4.44. The first-order valence-corrected chi connectivity index (χ1v) is 8.27. The van der Waals surface area contributed by atoms with Crippen molar-refractivity contribution in [3.63, 3.8) is 0 Å². The minimum Gasteiger partial charge on any atom is -0.465 e. The second-order valence-electron chi connectivity index (χ2n) is 5.30. The Kier molecular flexibility index (Phi) is 4.78. The number of halogens is 2. The molecular weight excluding hydrogens is 351 g/mol. The van der Waals surface area contributed by atoms with Crippen molar-refractivity contribution < 1.29 is 9.53 Å². The van der Waals surface area contributed by atoms with Crippen LogP contribution in [0.5, 0.6) is 0 Å². The number of carbonyl (C=O) groups excluding carboxylic acids is 1. The van der Waals surface area contributed by atoms with Crippen molar-refractivity contribution in [2.45, 2.75) is 25.9 Å². The quantitative estimate of drug-likeness (QED) is 0.512. The summed E-state index contributed by atoms with van der Waals surface area (Å²) in [6.45, 7) is 3.29. The Bertz CT molecular complexity index is 901. The van der Waals surface area contributed by atoms with Gasteiger partial charge < -0.3 is 13.9 Å². The summed E-state index contributed by atoms with van der Waals surface area (Å²) in [4.78, 5) is 20.6. The maximum atomic E-state index is 11.8. The topological polar surface area (TPSA) is 61.9 Å². The van der Waals surface area contributed by atoms with Crippen molar-refractivity contribution in [2.24, 2.45) is 0 Å². The summed E-state index contributed by atoms with van der Waals surface area (Å²) in [6, 6.07) is 3.29. The molecule has 0 aliphatic carbocycles. The fraction of sp³-hybridized carbons (Fsp3) is 0.312. The summed E-state index contributed by atoms with van der Waals surface area (Å²) in [6.07, 6.45) is 3.68. The number of benzene rings is 1. The lowest BCUT2D eigenvalue weighted by molar-refractivity contribution is 0.0601. The summed E-state index contributed by atoms with van der Waals surface area (Å²) in [5.41, 5.74) is 1.77. The SMILES string of the molecule is COC(=O)c1cc(Cl)c2nc(CCl)n(CCn3ccnc3C)c2c1. The third-order valence-electron chi connectivity index (χ3n) is 3.92. The van der Waals surface area contributed by atoms with E-state index in [1.807, 2.05) is 22.3 Å². The molecule has 0 saturated carbocycles. The minimum atomic E-state index is -0.440. The second kappa shape index (κ2) is 6.83. The van der Waals surface area contributed by atoms with Crippen LogP contribution in [-0.2, 0) is 23.7 Å². The fourth-order valence-corrected chi connectivity index (χ4v) is 3.13. The number of esters is 1. The zero-order valence-electron chi connectivity index (χ0n) is 13.3. The first kappa shape index (κ1) is 16.8. The number of aromatic nitrogens is 4. The molecule has 6 nitrogen and oxygen atoms in total. The van der Waals surface area contributed by atoms with Gasteiger partial charge in [0.1, 0.15) is 17.2 Å². The van der Waals surface area contributed by atoms with E-state index in [-0.39, 0.29) is 5.88 Å². The number of ether oxygens (including phenoxy) is 1. The van der Waals surface area contributed by atoms with Gasteiger partial charge in [0.2, 0.25) is 0 Å². The lowest BCUT2D eigenvalue weighted by atomic mass is 10.2. The molecule has 2 heterocycles. The van der Waals surface area contributed by atoms with Crippen LogP contribution in [0.1, 0.15) is 22.0 Å². The summed E-state index contributed by atoms with van der Waals surface area (Å²) in [5, 5.41) is 0.400. The standard InChI is InChI=1S/C16H16Cl2N4O2/c1-10-19-3-4-21(10)5-6-22-13-8-11(16(23)24-2)7-12(18)15(13)20-14(22)9-17/h3-4,7-8H,5-6,9H2,1-2H3. The van der Waals surface area contributed by atoms with Crippen molar-refractivity contribution in [1.29, 1.82) is 0 Å². The molecule has 0 radical (unpaired) electrons. The van der Waals surface area contributed by atoms with Gasteiger partial charge >= 0.3 is 5.97 Å². The monoisotopic (exact) mass is 366 g/mol. The molecule has 3 aromatic rings. The Morgan fingerprint density at radius 3 is 2.75 bits per heavy atom. The Morgan fingerprint density at radius 2 is 2.12 bits per heavy atom. The van der Waals surface area contributed by atoms with Gasteiger partial charge in [-0.1, -0.05) is 11.6 Å². The highest BCUT2D eigenvalue weighted by Crippen LogP contribution is 2.27. The van der Waals surface area contributed by atoms with E-state index in [0.717, 1.165) is 11.3 Å². The molecule has 0 saturated heterocycles. The largest absolute Gasteiger partial charge is 0.465 e. The minimum absolute atomic E-state index is 0.251. The zero-order valence-corrected chi connectivity index (χ0v) is 14.8. The molecule has 0 fully saturated rings. The molecule has 0 aliphatic rings. The molecule has 0 amide bonds. The van der Waals surface area contributed by atoms with E-state index in [2.05, 4.69) is 9.97 Å². The van der Waals surface area contributed by atoms with Gasteiger partial charge in [-0.15, -0.1) is 11.6 Å². The van der Waals surface area contributed by atoms with Crippen LogP contribution in [-0.4, -0.2) is 32.2 Å². The molecule has 3 rings (SSSR count). The third kappa shape index (κ3) is 2.99. The number of hydrogen-bond donors (Lipinski definition) is 0. The molecule has 2 aromatic heterocycles. The van der Waals surface area contributed by atoms with Gasteiger partial charge in [-0.25, -0.2) is 14.8 Å². The van der Waals surface area contributed by atoms with Crippen LogP contribution in [0.3, 0.4) is 0 Å². The van der Waals surface area contributed by atoms with Crippen molar-refractivity contribution in [2.75, 3.05) is 7.11 Å². The fourth-order valence-electron chi connectivity index (χ4n) is 2.66. The van der Waals surface area contributed by atoms with E-state index in [4.69, 9.17) is 27.9 Å². The van der Waals surface area contributed by atoms with Crippen molar-refractivity contribution in [3.05, 3.63) is 46.8 Å². The lowest BCUT2D eigenvalue weighted by Gasteiger charge is -2.10. The number of alkyl halides is 1. The second-order valence-corrected chi connectivity index (χ2v) is 5.97. The average molecular weight is 367 g/mol. The first-order chi connectivity index (χ1) is 11.5. The summed E-state index contributed by atoms with van der Waals surface area (Å²) in [7, 11) is 1.34. The number of methoxy groups -OCH3 is 1. The van der Waals surface area contributed by atoms with Gasteiger partial charge in [-0.3, -0.25) is 0 Å². The predicted octanol–water partition coefficient (Wildman–Crippen LogP) is 3.42. The molecule has 126 valence electrons. The summed E-state index contributed by atoms with van der Waals surface area (Å²) >= 11 is 12.3. The van der Waals surface area contributed by atoms with Crippen LogP contribution < -0.4 is 0 Å². The molecular formula is C16H16Cl2N4O2. The van der Waals surface area contributed by atoms with Crippen LogP contribution in [0.15, 0.2) is 24.5 Å². The first-order valence-electron chi connectivity index (χ1n) is 7.35. The van der Waals surface area contributed by atoms with Crippen LogP contribution in [0, 0.1) is 6.92 Å². The molecule has 0 spiro atoms. The molecule has 1 aromatic carbocycles. The Hall–Kier alpha value is -2.05. The van der Waals surface area contributed by atoms with Gasteiger partial charge in [0.25, 0.3) is 0 Å². The van der Waals surface area contributed by atoms with Gasteiger partial charge in [0.05, 0.1) is 29.1 Å².